The van der Waals surface area contributed by atoms with E-state index in [0.717, 1.165) is 27.6 Å². The molecule has 5 heteroatoms. The highest BCUT2D eigenvalue weighted by atomic mass is 79.9. The summed E-state index contributed by atoms with van der Waals surface area (Å²) < 4.78 is 27.4. The van der Waals surface area contributed by atoms with Gasteiger partial charge < -0.3 is 5.11 Å². The van der Waals surface area contributed by atoms with Crippen molar-refractivity contribution >= 4 is 27.7 Å². The number of rotatable bonds is 4. The van der Waals surface area contributed by atoms with Crippen LogP contribution in [-0.4, -0.2) is 10.9 Å². The normalized spacial score (nSPS) is 12.4. The third-order valence-corrected chi connectivity index (χ3v) is 4.65. The van der Waals surface area contributed by atoms with Gasteiger partial charge in [-0.1, -0.05) is 12.1 Å². The summed E-state index contributed by atoms with van der Waals surface area (Å²) in [6, 6.07) is 10.6. The average molecular weight is 345 g/mol. The van der Waals surface area contributed by atoms with Crippen LogP contribution < -0.4 is 0 Å². The van der Waals surface area contributed by atoms with Crippen molar-refractivity contribution in [3.63, 3.8) is 0 Å². The van der Waals surface area contributed by atoms with E-state index in [0.29, 0.717) is 0 Å². The Morgan fingerprint density at radius 2 is 1.89 bits per heavy atom. The molecule has 0 saturated carbocycles. The summed E-state index contributed by atoms with van der Waals surface area (Å²) in [6.45, 7) is 0. The van der Waals surface area contributed by atoms with Gasteiger partial charge in [0.25, 0.3) is 0 Å². The lowest BCUT2D eigenvalue weighted by Gasteiger charge is -2.12. The monoisotopic (exact) mass is 344 g/mol. The fraction of sp³-hybridized carbons (Fsp3) is 0.143. The highest BCUT2D eigenvalue weighted by molar-refractivity contribution is 9.10. The van der Waals surface area contributed by atoms with E-state index in [9.17, 15) is 13.9 Å². The lowest BCUT2D eigenvalue weighted by atomic mass is 10.1. The minimum Gasteiger partial charge on any atom is -0.387 e. The number of aliphatic hydroxyl groups is 1. The Morgan fingerprint density at radius 3 is 2.63 bits per heavy atom. The summed E-state index contributed by atoms with van der Waals surface area (Å²) in [5, 5.41) is 9.94. The summed E-state index contributed by atoms with van der Waals surface area (Å²) in [4.78, 5) is 0.943. The lowest BCUT2D eigenvalue weighted by Crippen LogP contribution is -2.04. The van der Waals surface area contributed by atoms with Gasteiger partial charge in [-0.25, -0.2) is 8.78 Å². The number of benzene rings is 2. The fourth-order valence-corrected chi connectivity index (χ4v) is 3.12. The molecule has 2 rings (SSSR count). The highest BCUT2D eigenvalue weighted by Crippen LogP contribution is 2.31. The molecule has 2 aromatic rings. The largest absolute Gasteiger partial charge is 0.387 e. The summed E-state index contributed by atoms with van der Waals surface area (Å²) in [7, 11) is 0. The number of hydrogen-bond donors (Lipinski definition) is 1. The van der Waals surface area contributed by atoms with Crippen LogP contribution in [-0.2, 0) is 0 Å². The van der Waals surface area contributed by atoms with Gasteiger partial charge in [0.2, 0.25) is 0 Å². The third-order valence-electron chi connectivity index (χ3n) is 2.55. The molecule has 2 aromatic carbocycles. The first-order valence-electron chi connectivity index (χ1n) is 5.58. The van der Waals surface area contributed by atoms with Gasteiger partial charge in [0.15, 0.2) is 0 Å². The van der Waals surface area contributed by atoms with Gasteiger partial charge in [-0.15, -0.1) is 11.8 Å². The minimum absolute atomic E-state index is 0.0143. The molecule has 0 heterocycles. The number of aliphatic hydroxyl groups excluding tert-OH is 1. The van der Waals surface area contributed by atoms with Crippen molar-refractivity contribution < 1.29 is 13.9 Å². The number of thioether (sulfide) groups is 1. The third kappa shape index (κ3) is 3.78. The predicted octanol–water partition coefficient (Wildman–Crippen LogP) is 4.55. The van der Waals surface area contributed by atoms with Crippen molar-refractivity contribution in [1.29, 1.82) is 0 Å². The van der Waals surface area contributed by atoms with Crippen LogP contribution in [0.4, 0.5) is 8.78 Å². The summed E-state index contributed by atoms with van der Waals surface area (Å²) in [6.07, 6.45) is -1.05. The maximum absolute atomic E-state index is 13.5. The molecule has 19 heavy (non-hydrogen) atoms. The molecule has 0 saturated heterocycles. The van der Waals surface area contributed by atoms with Gasteiger partial charge in [-0.3, -0.25) is 0 Å². The summed E-state index contributed by atoms with van der Waals surface area (Å²) in [5.41, 5.74) is -0.0143. The SMILES string of the molecule is OC(CSc1ccccc1Br)c1cc(F)ccc1F. The standard InChI is InChI=1S/C14H11BrF2OS/c15-11-3-1-2-4-14(11)19-8-13(18)10-7-9(16)5-6-12(10)17/h1-7,13,18H,8H2. The number of hydrogen-bond acceptors (Lipinski definition) is 2. The summed E-state index contributed by atoms with van der Waals surface area (Å²) >= 11 is 4.77. The van der Waals surface area contributed by atoms with Crippen LogP contribution in [0, 0.1) is 11.6 Å². The molecule has 1 nitrogen and oxygen atoms in total. The molecule has 0 aromatic heterocycles. The smallest absolute Gasteiger partial charge is 0.129 e. The topological polar surface area (TPSA) is 20.2 Å². The summed E-state index contributed by atoms with van der Waals surface area (Å²) in [5.74, 6) is -0.897. The van der Waals surface area contributed by atoms with Crippen LogP contribution in [0.1, 0.15) is 11.7 Å². The van der Waals surface area contributed by atoms with Crippen molar-refractivity contribution in [3.8, 4) is 0 Å². The highest BCUT2D eigenvalue weighted by Gasteiger charge is 2.14. The minimum atomic E-state index is -1.05. The second-order valence-electron chi connectivity index (χ2n) is 3.92. The first-order chi connectivity index (χ1) is 9.08. The quantitative estimate of drug-likeness (QED) is 0.821. The second-order valence-corrected chi connectivity index (χ2v) is 5.84. The molecule has 1 N–H and O–H groups in total. The Labute approximate surface area is 122 Å². The van der Waals surface area contributed by atoms with Crippen LogP contribution in [0.5, 0.6) is 0 Å². The van der Waals surface area contributed by atoms with E-state index < -0.39 is 17.7 Å². The van der Waals surface area contributed by atoms with E-state index in [-0.39, 0.29) is 11.3 Å². The van der Waals surface area contributed by atoms with E-state index >= 15 is 0 Å². The van der Waals surface area contributed by atoms with Gasteiger partial charge in [-0.05, 0) is 46.3 Å². The van der Waals surface area contributed by atoms with Gasteiger partial charge in [0.1, 0.15) is 11.6 Å². The fourth-order valence-electron chi connectivity index (χ4n) is 1.59. The molecular formula is C14H11BrF2OS. The Balaban J connectivity index is 2.07. The Bertz CT molecular complexity index is 577. The van der Waals surface area contributed by atoms with Gasteiger partial charge in [0.05, 0.1) is 6.10 Å². The molecule has 0 fully saturated rings. The zero-order valence-corrected chi connectivity index (χ0v) is 12.2. The van der Waals surface area contributed by atoms with Crippen molar-refractivity contribution in [2.24, 2.45) is 0 Å². The predicted molar refractivity (Wildman–Crippen MR) is 76.2 cm³/mol. The van der Waals surface area contributed by atoms with Gasteiger partial charge in [-0.2, -0.15) is 0 Å². The van der Waals surface area contributed by atoms with Crippen molar-refractivity contribution in [2.75, 3.05) is 5.75 Å². The first kappa shape index (κ1) is 14.5. The zero-order valence-electron chi connectivity index (χ0n) is 9.82. The van der Waals surface area contributed by atoms with E-state index in [1.807, 2.05) is 24.3 Å². The molecule has 0 bridgehead atoms. The molecule has 1 unspecified atom stereocenters. The van der Waals surface area contributed by atoms with Crippen LogP contribution >= 0.6 is 27.7 Å². The van der Waals surface area contributed by atoms with Crippen LogP contribution in [0.3, 0.4) is 0 Å². The number of halogens is 3. The van der Waals surface area contributed by atoms with E-state index in [4.69, 9.17) is 0 Å². The molecule has 100 valence electrons. The molecule has 0 spiro atoms. The van der Waals surface area contributed by atoms with Crippen molar-refractivity contribution in [2.45, 2.75) is 11.0 Å². The lowest BCUT2D eigenvalue weighted by molar-refractivity contribution is 0.198. The van der Waals surface area contributed by atoms with E-state index in [1.165, 1.54) is 11.8 Å². The maximum Gasteiger partial charge on any atom is 0.129 e. The van der Waals surface area contributed by atoms with Crippen molar-refractivity contribution in [1.82, 2.24) is 0 Å². The Kier molecular flexibility index (Phi) is 4.96. The Morgan fingerprint density at radius 1 is 1.16 bits per heavy atom. The van der Waals surface area contributed by atoms with Gasteiger partial charge in [0, 0.05) is 20.7 Å². The van der Waals surface area contributed by atoms with Crippen LogP contribution in [0.25, 0.3) is 0 Å². The van der Waals surface area contributed by atoms with Gasteiger partial charge >= 0.3 is 0 Å². The first-order valence-corrected chi connectivity index (χ1v) is 7.36. The molecule has 0 amide bonds. The Hall–Kier alpha value is -0.910. The molecule has 0 radical (unpaired) electrons. The molecule has 1 atom stereocenters. The molecule has 0 aliphatic heterocycles. The zero-order chi connectivity index (χ0) is 13.8. The molecular weight excluding hydrogens is 334 g/mol. The second kappa shape index (κ2) is 6.50. The van der Waals surface area contributed by atoms with Crippen LogP contribution in [0.15, 0.2) is 51.8 Å². The van der Waals surface area contributed by atoms with Crippen molar-refractivity contribution in [3.05, 3.63) is 64.1 Å². The molecule has 0 aliphatic carbocycles. The van der Waals surface area contributed by atoms with Crippen LogP contribution in [0.2, 0.25) is 0 Å². The average Bonchev–Trinajstić information content (AvgIpc) is 2.40. The maximum atomic E-state index is 13.5. The van der Waals surface area contributed by atoms with E-state index in [2.05, 4.69) is 15.9 Å². The molecule has 0 aliphatic rings. The van der Waals surface area contributed by atoms with E-state index in [1.54, 1.807) is 0 Å².